The zero-order valence-electron chi connectivity index (χ0n) is 14.5. The molecule has 3 rings (SSSR count). The van der Waals surface area contributed by atoms with Gasteiger partial charge in [-0.3, -0.25) is 0 Å². The molecule has 0 saturated carbocycles. The number of carbonyl (C=O) groups is 1. The van der Waals surface area contributed by atoms with Crippen LogP contribution in [0.15, 0.2) is 24.3 Å². The Morgan fingerprint density at radius 3 is 1.88 bits per heavy atom. The van der Waals surface area contributed by atoms with E-state index in [0.29, 0.717) is 5.69 Å². The van der Waals surface area contributed by atoms with E-state index in [-0.39, 0.29) is 6.03 Å². The molecule has 2 aliphatic rings. The van der Waals surface area contributed by atoms with Crippen LogP contribution in [0.3, 0.4) is 0 Å². The van der Waals surface area contributed by atoms with Crippen molar-refractivity contribution >= 4 is 17.4 Å². The summed E-state index contributed by atoms with van der Waals surface area (Å²) >= 11 is 0. The lowest BCUT2D eigenvalue weighted by Gasteiger charge is -2.40. The molecular formula is C17H26N5O2+. The quantitative estimate of drug-likeness (QED) is 0.764. The summed E-state index contributed by atoms with van der Waals surface area (Å²) in [4.78, 5) is 32.3. The van der Waals surface area contributed by atoms with E-state index in [1.54, 1.807) is 0 Å². The van der Waals surface area contributed by atoms with E-state index < -0.39 is 0 Å². The number of nitroso groups, excluding NO2 is 1. The van der Waals surface area contributed by atoms with Crippen LogP contribution in [0, 0.1) is 4.91 Å². The maximum atomic E-state index is 12.6. The van der Waals surface area contributed by atoms with Crippen molar-refractivity contribution in [2.75, 3.05) is 71.4 Å². The SMILES string of the molecule is CN1CCN(C(=O)N2CCN(c3ccc([N+](C)=O)cc3)CC2)CC1. The van der Waals surface area contributed by atoms with Gasteiger partial charge in [-0.2, -0.15) is 0 Å². The Hall–Kier alpha value is -2.15. The van der Waals surface area contributed by atoms with Gasteiger partial charge >= 0.3 is 6.03 Å². The molecule has 7 nitrogen and oxygen atoms in total. The maximum Gasteiger partial charge on any atom is 0.320 e. The molecule has 0 radical (unpaired) electrons. The third-order valence-corrected chi connectivity index (χ3v) is 4.90. The number of carbonyl (C=O) groups excluding carboxylic acids is 1. The van der Waals surface area contributed by atoms with Crippen LogP contribution < -0.4 is 4.90 Å². The highest BCUT2D eigenvalue weighted by atomic mass is 16.3. The zero-order chi connectivity index (χ0) is 17.1. The molecule has 0 aliphatic carbocycles. The second-order valence-corrected chi connectivity index (χ2v) is 6.56. The van der Waals surface area contributed by atoms with Gasteiger partial charge < -0.3 is 19.6 Å². The average molecular weight is 332 g/mol. The fraction of sp³-hybridized carbons (Fsp3) is 0.588. The molecule has 0 N–H and O–H groups in total. The smallest absolute Gasteiger partial charge is 0.320 e. The van der Waals surface area contributed by atoms with Crippen molar-refractivity contribution in [1.82, 2.24) is 14.7 Å². The molecule has 0 spiro atoms. The summed E-state index contributed by atoms with van der Waals surface area (Å²) in [5, 5.41) is 0. The van der Waals surface area contributed by atoms with Gasteiger partial charge in [-0.05, 0) is 19.2 Å². The molecule has 24 heavy (non-hydrogen) atoms. The number of hydrogen-bond acceptors (Lipinski definition) is 4. The van der Waals surface area contributed by atoms with Gasteiger partial charge in [0.05, 0.1) is 0 Å². The van der Waals surface area contributed by atoms with Crippen LogP contribution in [0.4, 0.5) is 16.2 Å². The van der Waals surface area contributed by atoms with Crippen LogP contribution in [-0.4, -0.2) is 91.9 Å². The van der Waals surface area contributed by atoms with Gasteiger partial charge in [-0.15, -0.1) is 0 Å². The molecule has 7 heteroatoms. The Kier molecular flexibility index (Phi) is 4.99. The lowest BCUT2D eigenvalue weighted by atomic mass is 10.2. The van der Waals surface area contributed by atoms with Crippen molar-refractivity contribution in [2.45, 2.75) is 0 Å². The summed E-state index contributed by atoms with van der Waals surface area (Å²) in [7, 11) is 3.59. The monoisotopic (exact) mass is 332 g/mol. The first-order valence-electron chi connectivity index (χ1n) is 8.53. The van der Waals surface area contributed by atoms with Crippen LogP contribution in [0.25, 0.3) is 0 Å². The normalized spacial score (nSPS) is 19.5. The van der Waals surface area contributed by atoms with Crippen LogP contribution in [0.5, 0.6) is 0 Å². The molecule has 1 aromatic rings. The first-order valence-corrected chi connectivity index (χ1v) is 8.53. The molecule has 2 amide bonds. The number of benzene rings is 1. The largest absolute Gasteiger partial charge is 0.368 e. The van der Waals surface area contributed by atoms with E-state index >= 15 is 0 Å². The van der Waals surface area contributed by atoms with E-state index in [1.807, 2.05) is 34.1 Å². The highest BCUT2D eigenvalue weighted by Crippen LogP contribution is 2.20. The van der Waals surface area contributed by atoms with E-state index in [1.165, 1.54) is 7.05 Å². The Bertz CT molecular complexity index is 588. The lowest BCUT2D eigenvalue weighted by Crippen LogP contribution is -2.56. The minimum Gasteiger partial charge on any atom is -0.368 e. The van der Waals surface area contributed by atoms with Gasteiger partial charge in [0.25, 0.3) is 5.69 Å². The summed E-state index contributed by atoms with van der Waals surface area (Å²) in [6, 6.07) is 7.79. The summed E-state index contributed by atoms with van der Waals surface area (Å²) in [5.41, 5.74) is 1.76. The van der Waals surface area contributed by atoms with E-state index in [0.717, 1.165) is 62.8 Å². The van der Waals surface area contributed by atoms with Crippen molar-refractivity contribution in [1.29, 1.82) is 0 Å². The van der Waals surface area contributed by atoms with Crippen LogP contribution in [0.2, 0.25) is 0 Å². The van der Waals surface area contributed by atoms with Gasteiger partial charge in [0.15, 0.2) is 7.05 Å². The molecule has 0 aromatic heterocycles. The molecule has 2 aliphatic heterocycles. The fourth-order valence-electron chi connectivity index (χ4n) is 3.23. The molecule has 0 bridgehead atoms. The molecule has 2 saturated heterocycles. The van der Waals surface area contributed by atoms with Crippen molar-refractivity contribution in [3.63, 3.8) is 0 Å². The minimum absolute atomic E-state index is 0.172. The van der Waals surface area contributed by atoms with E-state index in [9.17, 15) is 9.70 Å². The van der Waals surface area contributed by atoms with Gasteiger partial charge in [0, 0.05) is 79.8 Å². The molecule has 1 aromatic carbocycles. The Balaban J connectivity index is 1.53. The highest BCUT2D eigenvalue weighted by Gasteiger charge is 2.27. The third kappa shape index (κ3) is 3.67. The predicted octanol–water partition coefficient (Wildman–Crippen LogP) is 1.22. The number of nitrogens with zero attached hydrogens (tertiary/aromatic N) is 5. The molecular weight excluding hydrogens is 306 g/mol. The summed E-state index contributed by atoms with van der Waals surface area (Å²) in [5.74, 6) is 0. The van der Waals surface area contributed by atoms with Crippen LogP contribution in [-0.2, 0) is 0 Å². The summed E-state index contributed by atoms with van der Waals surface area (Å²) < 4.78 is 0.858. The molecule has 130 valence electrons. The molecule has 2 fully saturated rings. The Morgan fingerprint density at radius 1 is 0.875 bits per heavy atom. The topological polar surface area (TPSA) is 50.1 Å². The number of likely N-dealkylation sites (N-methyl/N-ethyl adjacent to an activating group) is 1. The molecule has 0 unspecified atom stereocenters. The first kappa shape index (κ1) is 16.7. The van der Waals surface area contributed by atoms with Crippen LogP contribution >= 0.6 is 0 Å². The molecule has 0 atom stereocenters. The Labute approximate surface area is 143 Å². The highest BCUT2D eigenvalue weighted by molar-refractivity contribution is 5.75. The fourth-order valence-corrected chi connectivity index (χ4v) is 3.23. The number of rotatable bonds is 2. The van der Waals surface area contributed by atoms with E-state index in [2.05, 4.69) is 16.8 Å². The Morgan fingerprint density at radius 2 is 1.38 bits per heavy atom. The third-order valence-electron chi connectivity index (χ3n) is 4.90. The summed E-state index contributed by atoms with van der Waals surface area (Å²) in [6.07, 6.45) is 0. The van der Waals surface area contributed by atoms with Gasteiger partial charge in [0.1, 0.15) is 0 Å². The van der Waals surface area contributed by atoms with Gasteiger partial charge in [-0.25, -0.2) is 4.79 Å². The zero-order valence-corrected chi connectivity index (χ0v) is 14.5. The van der Waals surface area contributed by atoms with Crippen molar-refractivity contribution < 1.29 is 9.55 Å². The lowest BCUT2D eigenvalue weighted by molar-refractivity contribution is -0.428. The average Bonchev–Trinajstić information content (AvgIpc) is 2.62. The number of hydrogen-bond donors (Lipinski definition) is 0. The van der Waals surface area contributed by atoms with Gasteiger partial charge in [-0.1, -0.05) is 0 Å². The minimum atomic E-state index is 0.172. The van der Waals surface area contributed by atoms with Gasteiger partial charge in [0.2, 0.25) is 0 Å². The number of urea groups is 1. The standard InChI is InChI=1S/C17H26N5O2/c1-18-7-9-21(10-8-18)17(23)22-13-11-20(12-14-22)16-5-3-15(4-6-16)19(2)24/h3-6H,7-14H2,1-2H3/q+1. The van der Waals surface area contributed by atoms with Crippen molar-refractivity contribution in [2.24, 2.45) is 0 Å². The van der Waals surface area contributed by atoms with Crippen molar-refractivity contribution in [3.05, 3.63) is 29.2 Å². The van der Waals surface area contributed by atoms with Crippen molar-refractivity contribution in [3.8, 4) is 0 Å². The number of amides is 2. The second-order valence-electron chi connectivity index (χ2n) is 6.56. The maximum absolute atomic E-state index is 12.6. The second kappa shape index (κ2) is 7.17. The summed E-state index contributed by atoms with van der Waals surface area (Å²) in [6.45, 7) is 6.68. The number of piperazine rings is 2. The predicted molar refractivity (Wildman–Crippen MR) is 93.9 cm³/mol. The molecule has 2 heterocycles. The van der Waals surface area contributed by atoms with E-state index in [4.69, 9.17) is 0 Å². The van der Waals surface area contributed by atoms with Crippen LogP contribution in [0.1, 0.15) is 0 Å². The number of anilines is 1. The first-order chi connectivity index (χ1) is 11.5.